The van der Waals surface area contributed by atoms with E-state index in [-0.39, 0.29) is 17.6 Å². The van der Waals surface area contributed by atoms with Crippen molar-refractivity contribution in [2.45, 2.75) is 45.2 Å². The molecule has 1 N–H and O–H groups in total. The Bertz CT molecular complexity index is 529. The Kier molecular flexibility index (Phi) is 3.79. The molecule has 0 aliphatic carbocycles. The van der Waals surface area contributed by atoms with Gasteiger partial charge in [0.2, 0.25) is 5.91 Å². The van der Waals surface area contributed by atoms with Crippen molar-refractivity contribution in [1.82, 2.24) is 5.32 Å². The molecule has 1 aliphatic heterocycles. The summed E-state index contributed by atoms with van der Waals surface area (Å²) < 4.78 is 13.0. The average molecular weight is 278 g/mol. The van der Waals surface area contributed by atoms with Gasteiger partial charge in [0.1, 0.15) is 17.4 Å². The molecule has 1 fully saturated rings. The predicted molar refractivity (Wildman–Crippen MR) is 74.8 cm³/mol. The van der Waals surface area contributed by atoms with Crippen LogP contribution in [0.5, 0.6) is 0 Å². The fourth-order valence-corrected chi connectivity index (χ4v) is 2.44. The van der Waals surface area contributed by atoms with Crippen LogP contribution in [0.3, 0.4) is 0 Å². The van der Waals surface area contributed by atoms with Crippen molar-refractivity contribution in [3.8, 4) is 0 Å². The summed E-state index contributed by atoms with van der Waals surface area (Å²) in [6.45, 7) is 5.42. The maximum Gasteiger partial charge on any atom is 0.253 e. The number of hydrogen-bond acceptors (Lipinski definition) is 2. The summed E-state index contributed by atoms with van der Waals surface area (Å²) in [5.74, 6) is -0.687. The zero-order valence-corrected chi connectivity index (χ0v) is 11.9. The maximum atomic E-state index is 13.0. The molecule has 0 spiro atoms. The van der Waals surface area contributed by atoms with E-state index in [1.165, 1.54) is 29.2 Å². The minimum absolute atomic E-state index is 0.155. The summed E-state index contributed by atoms with van der Waals surface area (Å²) in [4.78, 5) is 26.4. The topological polar surface area (TPSA) is 49.4 Å². The fraction of sp³-hybridized carbons (Fsp3) is 0.467. The lowest BCUT2D eigenvalue weighted by molar-refractivity contribution is -0.138. The summed E-state index contributed by atoms with van der Waals surface area (Å²) in [5.41, 5.74) is -0.352. The zero-order valence-electron chi connectivity index (χ0n) is 11.9. The third kappa shape index (κ3) is 2.28. The first-order valence-corrected chi connectivity index (χ1v) is 6.84. The number of anilines is 1. The highest BCUT2D eigenvalue weighted by atomic mass is 19.1. The Balaban J connectivity index is 2.46. The summed E-state index contributed by atoms with van der Waals surface area (Å²) in [6.07, 6.45) is 1.01. The molecule has 1 aliphatic rings. The molecule has 1 saturated heterocycles. The summed E-state index contributed by atoms with van der Waals surface area (Å²) in [6, 6.07) is 5.11. The molecule has 2 unspecified atom stereocenters. The van der Waals surface area contributed by atoms with Gasteiger partial charge in [0, 0.05) is 5.69 Å². The van der Waals surface area contributed by atoms with Crippen LogP contribution < -0.4 is 10.2 Å². The van der Waals surface area contributed by atoms with Gasteiger partial charge >= 0.3 is 0 Å². The first kappa shape index (κ1) is 14.5. The monoisotopic (exact) mass is 278 g/mol. The normalized spacial score (nSPS) is 26.6. The molecule has 2 rings (SSSR count). The Morgan fingerprint density at radius 1 is 1.25 bits per heavy atom. The molecule has 1 aromatic carbocycles. The van der Waals surface area contributed by atoms with E-state index in [0.717, 1.165) is 0 Å². The second-order valence-electron chi connectivity index (χ2n) is 5.25. The molecule has 0 radical (unpaired) electrons. The Labute approximate surface area is 118 Å². The number of nitrogens with one attached hydrogen (secondary N) is 1. The summed E-state index contributed by atoms with van der Waals surface area (Å²) >= 11 is 0. The quantitative estimate of drug-likeness (QED) is 0.921. The number of nitrogens with zero attached hydrogens (tertiary/aromatic N) is 1. The van der Waals surface area contributed by atoms with Gasteiger partial charge in [0.25, 0.3) is 5.91 Å². The number of rotatable bonds is 3. The van der Waals surface area contributed by atoms with E-state index >= 15 is 0 Å². The fourth-order valence-electron chi connectivity index (χ4n) is 2.44. The lowest BCUT2D eigenvalue weighted by atomic mass is 9.90. The standard InChI is InChI=1S/C15H19FN2O2/c1-4-12-13(19)17-15(3,5-2)14(20)18(12)11-8-6-10(16)7-9-11/h6-9,12H,4-5H2,1-3H3,(H,17,19). The third-order valence-corrected chi connectivity index (χ3v) is 3.90. The largest absolute Gasteiger partial charge is 0.340 e. The number of piperazine rings is 1. The van der Waals surface area contributed by atoms with Gasteiger partial charge in [-0.15, -0.1) is 0 Å². The maximum absolute atomic E-state index is 13.0. The van der Waals surface area contributed by atoms with Crippen LogP contribution in [0.25, 0.3) is 0 Å². The van der Waals surface area contributed by atoms with Crippen LogP contribution in [-0.2, 0) is 9.59 Å². The molecule has 0 saturated carbocycles. The van der Waals surface area contributed by atoms with Crippen LogP contribution in [0.4, 0.5) is 10.1 Å². The smallest absolute Gasteiger partial charge is 0.253 e. The van der Waals surface area contributed by atoms with Crippen molar-refractivity contribution in [3.05, 3.63) is 30.1 Å². The van der Waals surface area contributed by atoms with E-state index < -0.39 is 11.6 Å². The Hall–Kier alpha value is -1.91. The summed E-state index contributed by atoms with van der Waals surface area (Å²) in [7, 11) is 0. The van der Waals surface area contributed by atoms with Gasteiger partial charge in [-0.3, -0.25) is 14.5 Å². The van der Waals surface area contributed by atoms with Crippen LogP contribution >= 0.6 is 0 Å². The van der Waals surface area contributed by atoms with Gasteiger partial charge in [-0.2, -0.15) is 0 Å². The van der Waals surface area contributed by atoms with E-state index in [9.17, 15) is 14.0 Å². The van der Waals surface area contributed by atoms with Gasteiger partial charge in [-0.05, 0) is 44.0 Å². The van der Waals surface area contributed by atoms with E-state index in [2.05, 4.69) is 5.32 Å². The van der Waals surface area contributed by atoms with Crippen LogP contribution in [0.1, 0.15) is 33.6 Å². The molecule has 2 atom stereocenters. The summed E-state index contributed by atoms with van der Waals surface area (Å²) in [5, 5.41) is 2.80. The number of carbonyl (C=O) groups is 2. The average Bonchev–Trinajstić information content (AvgIpc) is 2.43. The number of amides is 2. The van der Waals surface area contributed by atoms with Gasteiger partial charge in [0.05, 0.1) is 0 Å². The van der Waals surface area contributed by atoms with Gasteiger partial charge in [-0.1, -0.05) is 13.8 Å². The molecular weight excluding hydrogens is 259 g/mol. The molecule has 0 bridgehead atoms. The Morgan fingerprint density at radius 3 is 2.35 bits per heavy atom. The highest BCUT2D eigenvalue weighted by molar-refractivity contribution is 6.10. The van der Waals surface area contributed by atoms with Crippen molar-refractivity contribution in [2.24, 2.45) is 0 Å². The highest BCUT2D eigenvalue weighted by Crippen LogP contribution is 2.28. The molecule has 1 aromatic rings. The van der Waals surface area contributed by atoms with Crippen LogP contribution in [0.2, 0.25) is 0 Å². The number of halogens is 1. The van der Waals surface area contributed by atoms with Crippen LogP contribution in [0, 0.1) is 5.82 Å². The van der Waals surface area contributed by atoms with E-state index in [1.54, 1.807) is 6.92 Å². The van der Waals surface area contributed by atoms with Crippen LogP contribution in [-0.4, -0.2) is 23.4 Å². The molecule has 1 heterocycles. The number of carbonyl (C=O) groups excluding carboxylic acids is 2. The van der Waals surface area contributed by atoms with Crippen LogP contribution in [0.15, 0.2) is 24.3 Å². The minimum Gasteiger partial charge on any atom is -0.340 e. The molecule has 5 heteroatoms. The SMILES string of the molecule is CCC1C(=O)NC(C)(CC)C(=O)N1c1ccc(F)cc1. The van der Waals surface area contributed by atoms with Gasteiger partial charge in [-0.25, -0.2) is 4.39 Å². The minimum atomic E-state index is -0.906. The number of benzene rings is 1. The van der Waals surface area contributed by atoms with E-state index in [4.69, 9.17) is 0 Å². The molecule has 108 valence electrons. The molecular formula is C15H19FN2O2. The van der Waals surface area contributed by atoms with Crippen molar-refractivity contribution in [2.75, 3.05) is 4.90 Å². The molecule has 4 nitrogen and oxygen atoms in total. The predicted octanol–water partition coefficient (Wildman–Crippen LogP) is 2.24. The lowest BCUT2D eigenvalue weighted by Gasteiger charge is -2.43. The van der Waals surface area contributed by atoms with Crippen molar-refractivity contribution in [3.63, 3.8) is 0 Å². The van der Waals surface area contributed by atoms with Gasteiger partial charge < -0.3 is 5.32 Å². The molecule has 2 amide bonds. The Morgan fingerprint density at radius 2 is 1.85 bits per heavy atom. The van der Waals surface area contributed by atoms with E-state index in [1.807, 2.05) is 13.8 Å². The molecule has 20 heavy (non-hydrogen) atoms. The third-order valence-electron chi connectivity index (χ3n) is 3.90. The number of hydrogen-bond donors (Lipinski definition) is 1. The zero-order chi connectivity index (χ0) is 14.9. The lowest BCUT2D eigenvalue weighted by Crippen LogP contribution is -2.69. The second-order valence-corrected chi connectivity index (χ2v) is 5.25. The van der Waals surface area contributed by atoms with Gasteiger partial charge in [0.15, 0.2) is 0 Å². The first-order valence-electron chi connectivity index (χ1n) is 6.84. The van der Waals surface area contributed by atoms with Crippen molar-refractivity contribution >= 4 is 17.5 Å². The second kappa shape index (κ2) is 5.23. The van der Waals surface area contributed by atoms with Crippen molar-refractivity contribution in [1.29, 1.82) is 0 Å². The highest BCUT2D eigenvalue weighted by Gasteiger charge is 2.46. The van der Waals surface area contributed by atoms with Crippen molar-refractivity contribution < 1.29 is 14.0 Å². The molecule has 0 aromatic heterocycles. The first-order chi connectivity index (χ1) is 9.42. The van der Waals surface area contributed by atoms with E-state index in [0.29, 0.717) is 18.5 Å².